The number of carbonyl (C=O) groups excluding carboxylic acids is 2. The van der Waals surface area contributed by atoms with Crippen molar-refractivity contribution >= 4 is 22.1 Å². The number of carbonyl (C=O) groups is 2. The molecule has 10 rings (SSSR count). The molecule has 12 nitrogen and oxygen atoms in total. The van der Waals surface area contributed by atoms with E-state index in [2.05, 4.69) is 4.74 Å². The first-order valence-electron chi connectivity index (χ1n) is 19.3. The lowest BCUT2D eigenvalue weighted by Crippen LogP contribution is -2.65. The minimum atomic E-state index is -6.79. The zero-order chi connectivity index (χ0) is 44.0. The van der Waals surface area contributed by atoms with Crippen LogP contribution in [0.25, 0.3) is 0 Å². The van der Waals surface area contributed by atoms with E-state index >= 15 is 0 Å². The second-order valence-corrected chi connectivity index (χ2v) is 19.6. The van der Waals surface area contributed by atoms with Gasteiger partial charge in [0.2, 0.25) is 0 Å². The minimum Gasteiger partial charge on any atom is -0.461 e. The maximum absolute atomic E-state index is 14.5. The Hall–Kier alpha value is -2.19. The summed E-state index contributed by atoms with van der Waals surface area (Å²) in [5, 5.41) is -6.23. The molecule has 10 aliphatic rings. The molecule has 0 aromatic carbocycles. The summed E-state index contributed by atoms with van der Waals surface area (Å²) in [4.78, 5) is 27.9. The molecule has 0 radical (unpaired) electrons. The molecule has 2 spiro atoms. The summed E-state index contributed by atoms with van der Waals surface area (Å²) in [6, 6.07) is 0. The van der Waals surface area contributed by atoms with Gasteiger partial charge in [0.1, 0.15) is 33.0 Å². The van der Waals surface area contributed by atoms with E-state index in [1.807, 2.05) is 0 Å². The molecule has 2 heterocycles. The number of hydrogen-bond acceptors (Lipinski definition) is 11. The summed E-state index contributed by atoms with van der Waals surface area (Å²) in [7, 11) is -6.79. The topological polar surface area (TPSA) is 153 Å². The SMILES string of the molecule is O=C(OCC(COC(F)(F)C(F)(F)S(=O)(=O)O)OC(=O)C12CC3CC(C1)C1(OCC(F)(F)C(F)(F)CO1)C(C3)C2)C12CC3CC(C1)C1(OCC(F)(F)C(F)(F)CO1)C(C3)C2. The predicted molar refractivity (Wildman–Crippen MR) is 169 cm³/mol. The number of ether oxygens (including phenoxy) is 7. The summed E-state index contributed by atoms with van der Waals surface area (Å²) in [6.07, 6.45) is -8.00. The van der Waals surface area contributed by atoms with Gasteiger partial charge < -0.3 is 33.2 Å². The number of esters is 2. The van der Waals surface area contributed by atoms with Gasteiger partial charge in [0.25, 0.3) is 0 Å². The van der Waals surface area contributed by atoms with Crippen molar-refractivity contribution in [3.63, 3.8) is 0 Å². The van der Waals surface area contributed by atoms with Crippen LogP contribution >= 0.6 is 0 Å². The van der Waals surface area contributed by atoms with Crippen LogP contribution in [0.3, 0.4) is 0 Å². The Balaban J connectivity index is 0.999. The van der Waals surface area contributed by atoms with Crippen molar-refractivity contribution in [3.05, 3.63) is 0 Å². The second-order valence-electron chi connectivity index (χ2n) is 18.1. The molecule has 8 aliphatic carbocycles. The fourth-order valence-electron chi connectivity index (χ4n) is 11.8. The number of alkyl halides is 12. The van der Waals surface area contributed by atoms with E-state index in [1.165, 1.54) is 0 Å². The Morgan fingerprint density at radius 2 is 0.950 bits per heavy atom. The van der Waals surface area contributed by atoms with Crippen molar-refractivity contribution in [1.29, 1.82) is 0 Å². The summed E-state index contributed by atoms with van der Waals surface area (Å²) in [5.74, 6) is -28.6. The maximum atomic E-state index is 14.5. The Bertz CT molecular complexity index is 1790. The molecule has 2 aliphatic heterocycles. The quantitative estimate of drug-likeness (QED) is 0.151. The number of rotatable bonds is 10. The van der Waals surface area contributed by atoms with E-state index in [0.717, 1.165) is 0 Å². The van der Waals surface area contributed by atoms with E-state index in [9.17, 15) is 70.7 Å². The van der Waals surface area contributed by atoms with Gasteiger partial charge in [0.15, 0.2) is 17.7 Å². The van der Waals surface area contributed by atoms with Crippen LogP contribution in [0.15, 0.2) is 0 Å². The molecule has 342 valence electrons. The van der Waals surface area contributed by atoms with Crippen LogP contribution in [0.4, 0.5) is 52.7 Å². The highest BCUT2D eigenvalue weighted by atomic mass is 32.2. The first kappa shape index (κ1) is 44.4. The lowest BCUT2D eigenvalue weighted by molar-refractivity contribution is -0.347. The monoisotopic (exact) mass is 912 g/mol. The second kappa shape index (κ2) is 13.7. The van der Waals surface area contributed by atoms with Crippen LogP contribution in [0.2, 0.25) is 0 Å². The molecule has 10 fully saturated rings. The Labute approximate surface area is 333 Å². The average molecular weight is 913 g/mol. The lowest BCUT2D eigenvalue weighted by Gasteiger charge is -2.62. The third-order valence-corrected chi connectivity index (χ3v) is 15.2. The molecule has 8 saturated carbocycles. The van der Waals surface area contributed by atoms with Crippen molar-refractivity contribution in [2.24, 2.45) is 46.3 Å². The smallest absolute Gasteiger partial charge is 0.459 e. The third kappa shape index (κ3) is 6.65. The Morgan fingerprint density at radius 3 is 1.30 bits per heavy atom. The number of halogens is 12. The highest BCUT2D eigenvalue weighted by Crippen LogP contribution is 2.68. The molecule has 0 aromatic heterocycles. The summed E-state index contributed by atoms with van der Waals surface area (Å²) >= 11 is 0. The Kier molecular flexibility index (Phi) is 10.1. The van der Waals surface area contributed by atoms with Crippen molar-refractivity contribution < 1.29 is 108 Å². The van der Waals surface area contributed by atoms with Crippen LogP contribution in [0.5, 0.6) is 0 Å². The predicted octanol–water partition coefficient (Wildman–Crippen LogP) is 6.21. The fraction of sp³-hybridized carbons (Fsp3) is 0.943. The van der Waals surface area contributed by atoms with Crippen molar-refractivity contribution in [3.8, 4) is 0 Å². The molecule has 60 heavy (non-hydrogen) atoms. The zero-order valence-corrected chi connectivity index (χ0v) is 32.1. The van der Waals surface area contributed by atoms with E-state index in [-0.39, 0.29) is 76.0 Å². The normalized spacial score (nSPS) is 39.5. The molecule has 8 bridgehead atoms. The summed E-state index contributed by atoms with van der Waals surface area (Å²) in [5.41, 5.74) is -3.00. The van der Waals surface area contributed by atoms with Gasteiger partial charge >= 0.3 is 57.1 Å². The van der Waals surface area contributed by atoms with Gasteiger partial charge in [-0.3, -0.25) is 14.1 Å². The van der Waals surface area contributed by atoms with Crippen LogP contribution in [0, 0.1) is 46.3 Å². The standard InChI is InChI=1S/C35H40F12O12S/c36-28(37)13-55-32(56-14-29(28,38)39)19-1-17-2-20(32)8-26(5-17,7-19)24(48)53-11-23(12-54-34(44,45)35(46,47)60(50,51)52)59-25(49)27-6-18-3-21(9-27)33(22(4-18)10-27)57-15-30(40,41)31(42,43)16-58-33/h17-23H,1-16H2,(H,50,51,52). The lowest BCUT2D eigenvalue weighted by atomic mass is 9.47. The summed E-state index contributed by atoms with van der Waals surface area (Å²) in [6.45, 7) is -9.67. The van der Waals surface area contributed by atoms with E-state index in [4.69, 9.17) is 33.0 Å². The molecule has 0 aromatic rings. The number of hydrogen-bond donors (Lipinski definition) is 1. The largest absolute Gasteiger partial charge is 0.461 e. The molecule has 5 atom stereocenters. The van der Waals surface area contributed by atoms with Crippen LogP contribution in [-0.4, -0.2) is 117 Å². The highest BCUT2D eigenvalue weighted by molar-refractivity contribution is 7.87. The maximum Gasteiger partial charge on any atom is 0.459 e. The van der Waals surface area contributed by atoms with Gasteiger partial charge in [-0.05, 0) is 76.0 Å². The van der Waals surface area contributed by atoms with Gasteiger partial charge in [-0.15, -0.1) is 0 Å². The first-order valence-corrected chi connectivity index (χ1v) is 20.7. The van der Waals surface area contributed by atoms with E-state index in [1.54, 1.807) is 0 Å². The first-order chi connectivity index (χ1) is 27.4. The van der Waals surface area contributed by atoms with Gasteiger partial charge in [-0.2, -0.15) is 61.1 Å². The molecule has 1 N–H and O–H groups in total. The minimum absolute atomic E-state index is 0.0582. The summed E-state index contributed by atoms with van der Waals surface area (Å²) < 4.78 is 239. The molecular weight excluding hydrogens is 872 g/mol. The molecule has 2 saturated heterocycles. The molecule has 5 unspecified atom stereocenters. The van der Waals surface area contributed by atoms with Gasteiger partial charge in [0.05, 0.1) is 17.4 Å². The van der Waals surface area contributed by atoms with E-state index < -0.39 is 149 Å². The Morgan fingerprint density at radius 1 is 0.600 bits per heavy atom. The van der Waals surface area contributed by atoms with Gasteiger partial charge in [0, 0.05) is 23.7 Å². The van der Waals surface area contributed by atoms with Crippen LogP contribution in [0.1, 0.15) is 64.2 Å². The van der Waals surface area contributed by atoms with E-state index in [0.29, 0.717) is 0 Å². The van der Waals surface area contributed by atoms with Crippen molar-refractivity contribution in [2.75, 3.05) is 39.6 Å². The van der Waals surface area contributed by atoms with Gasteiger partial charge in [-0.25, -0.2) is 0 Å². The van der Waals surface area contributed by atoms with Crippen LogP contribution in [-0.2, 0) is 52.9 Å². The van der Waals surface area contributed by atoms with Gasteiger partial charge in [-0.1, -0.05) is 0 Å². The van der Waals surface area contributed by atoms with Crippen LogP contribution < -0.4 is 0 Å². The average Bonchev–Trinajstić information content (AvgIpc) is 3.29. The van der Waals surface area contributed by atoms with Crippen molar-refractivity contribution in [1.82, 2.24) is 0 Å². The third-order valence-electron chi connectivity index (χ3n) is 14.3. The fourth-order valence-corrected chi connectivity index (χ4v) is 12.1. The van der Waals surface area contributed by atoms with Crippen molar-refractivity contribution in [2.45, 2.75) is 117 Å². The molecule has 25 heteroatoms. The molecule has 0 amide bonds. The molecular formula is C35H40F12O12S. The highest BCUT2D eigenvalue weighted by Gasteiger charge is 2.73. The zero-order valence-electron chi connectivity index (χ0n) is 31.2.